The molecule has 0 saturated carbocycles. The highest BCUT2D eigenvalue weighted by molar-refractivity contribution is 6.58. The van der Waals surface area contributed by atoms with Crippen LogP contribution in [-0.4, -0.2) is 27.9 Å². The number of carbonyl (C=O) groups is 2. The Bertz CT molecular complexity index is 952. The van der Waals surface area contributed by atoms with Gasteiger partial charge in [-0.05, 0) is 25.5 Å². The summed E-state index contributed by atoms with van der Waals surface area (Å²) in [7, 11) is 0. The van der Waals surface area contributed by atoms with E-state index in [-0.39, 0.29) is 28.7 Å². The number of rotatable bonds is 0. The molecule has 0 amide bonds. The number of hydrogen-bond acceptors (Lipinski definition) is 5. The number of aromatic hydroxyl groups is 2. The normalized spacial score (nSPS) is 21.0. The van der Waals surface area contributed by atoms with Gasteiger partial charge in [-0.3, -0.25) is 9.59 Å². The van der Waals surface area contributed by atoms with Crippen molar-refractivity contribution < 1.29 is 24.5 Å². The Balaban J connectivity index is 2.32. The average molecular weight is 312 g/mol. The van der Waals surface area contributed by atoms with Gasteiger partial charge < -0.3 is 14.9 Å². The summed E-state index contributed by atoms with van der Waals surface area (Å²) in [5.41, 5.74) is 0.704. The number of phenolic OH excluding ortho intramolecular Hbond substituents is 2. The molecule has 0 aromatic heterocycles. The van der Waals surface area contributed by atoms with Gasteiger partial charge in [0, 0.05) is 21.8 Å². The van der Waals surface area contributed by atoms with E-state index in [2.05, 4.69) is 0 Å². The first-order valence-electron chi connectivity index (χ1n) is 7.49. The Morgan fingerprint density at radius 3 is 2.35 bits per heavy atom. The first-order valence-corrected chi connectivity index (χ1v) is 7.49. The first kappa shape index (κ1) is 14.1. The molecule has 0 radical (unpaired) electrons. The van der Waals surface area contributed by atoms with Gasteiger partial charge in [0.05, 0.1) is 11.1 Å². The second-order valence-corrected chi connectivity index (χ2v) is 6.91. The molecule has 2 aromatic rings. The maximum atomic E-state index is 12.4. The molecule has 0 fully saturated rings. The van der Waals surface area contributed by atoms with Gasteiger partial charge in [0.1, 0.15) is 23.4 Å². The number of ether oxygens (including phenoxy) is 1. The highest BCUT2D eigenvalue weighted by Crippen LogP contribution is 2.56. The van der Waals surface area contributed by atoms with Gasteiger partial charge in [0.15, 0.2) is 0 Å². The maximum absolute atomic E-state index is 12.4. The van der Waals surface area contributed by atoms with E-state index in [0.717, 1.165) is 0 Å². The van der Waals surface area contributed by atoms with E-state index in [9.17, 15) is 19.8 Å². The van der Waals surface area contributed by atoms with Crippen LogP contribution in [0, 0.1) is 6.92 Å². The van der Waals surface area contributed by atoms with Gasteiger partial charge in [-0.25, -0.2) is 0 Å². The molecule has 2 N–H and O–H groups in total. The highest BCUT2D eigenvalue weighted by Gasteiger charge is 2.47. The Morgan fingerprint density at radius 1 is 1.09 bits per heavy atom. The Kier molecular flexibility index (Phi) is 2.35. The molecule has 5 heteroatoms. The molecule has 1 aliphatic heterocycles. The van der Waals surface area contributed by atoms with Crippen LogP contribution in [0.25, 0.3) is 10.8 Å². The minimum absolute atomic E-state index is 0.0106. The van der Waals surface area contributed by atoms with Crippen LogP contribution < -0.4 is 4.74 Å². The predicted octanol–water partition coefficient (Wildman–Crippen LogP) is 3.00. The molecule has 4 rings (SSSR count). The van der Waals surface area contributed by atoms with Crippen LogP contribution in [0.5, 0.6) is 17.2 Å². The van der Waals surface area contributed by atoms with E-state index in [1.165, 1.54) is 6.07 Å². The monoisotopic (exact) mass is 312 g/mol. The van der Waals surface area contributed by atoms with Gasteiger partial charge in [-0.2, -0.15) is 0 Å². The third-order valence-corrected chi connectivity index (χ3v) is 5.30. The highest BCUT2D eigenvalue weighted by atomic mass is 16.5. The summed E-state index contributed by atoms with van der Waals surface area (Å²) in [4.78, 5) is 24.6. The number of phenols is 2. The van der Waals surface area contributed by atoms with E-state index in [1.807, 2.05) is 20.8 Å². The number of Topliss-reactive ketones (excluding diaryl/α,β-unsaturated/α-hetero) is 2. The summed E-state index contributed by atoms with van der Waals surface area (Å²) in [5, 5.41) is 21.8. The van der Waals surface area contributed by atoms with Gasteiger partial charge in [-0.15, -0.1) is 0 Å². The molecule has 1 aliphatic carbocycles. The van der Waals surface area contributed by atoms with Crippen LogP contribution in [0.2, 0.25) is 0 Å². The summed E-state index contributed by atoms with van der Waals surface area (Å²) in [6.45, 7) is 7.55. The van der Waals surface area contributed by atoms with Crippen molar-refractivity contribution in [3.63, 3.8) is 0 Å². The van der Waals surface area contributed by atoms with E-state index >= 15 is 0 Å². The topological polar surface area (TPSA) is 83.8 Å². The number of aryl methyl sites for hydroxylation is 1. The molecule has 5 nitrogen and oxygen atoms in total. The number of carbonyl (C=O) groups excluding carboxylic acids is 2. The summed E-state index contributed by atoms with van der Waals surface area (Å²) in [6, 6.07) is 1.47. The van der Waals surface area contributed by atoms with Crippen LogP contribution in [0.4, 0.5) is 0 Å². The van der Waals surface area contributed by atoms with Crippen molar-refractivity contribution in [2.45, 2.75) is 39.2 Å². The third kappa shape index (κ3) is 1.38. The summed E-state index contributed by atoms with van der Waals surface area (Å²) < 4.78 is 5.98. The van der Waals surface area contributed by atoms with Gasteiger partial charge in [0.25, 0.3) is 0 Å². The lowest BCUT2D eigenvalue weighted by molar-refractivity contribution is 0.0822. The van der Waals surface area contributed by atoms with E-state index in [1.54, 1.807) is 6.92 Å². The molecule has 0 unspecified atom stereocenters. The van der Waals surface area contributed by atoms with E-state index < -0.39 is 17.0 Å². The number of benzene rings is 2. The zero-order chi connectivity index (χ0) is 16.8. The van der Waals surface area contributed by atoms with Crippen LogP contribution in [0.1, 0.15) is 52.6 Å². The minimum Gasteiger partial charge on any atom is -0.507 e. The fourth-order valence-corrected chi connectivity index (χ4v) is 3.74. The molecule has 1 atom stereocenters. The van der Waals surface area contributed by atoms with Crippen molar-refractivity contribution in [3.05, 3.63) is 28.3 Å². The molecule has 0 bridgehead atoms. The Hall–Kier alpha value is -2.56. The largest absolute Gasteiger partial charge is 0.507 e. The van der Waals surface area contributed by atoms with Crippen LogP contribution in [-0.2, 0) is 5.41 Å². The maximum Gasteiger partial charge on any atom is 0.238 e. The van der Waals surface area contributed by atoms with Gasteiger partial charge in [0.2, 0.25) is 11.6 Å². The van der Waals surface area contributed by atoms with Crippen molar-refractivity contribution in [1.82, 2.24) is 0 Å². The fourth-order valence-electron chi connectivity index (χ4n) is 3.74. The second kappa shape index (κ2) is 3.85. The molecule has 118 valence electrons. The predicted molar refractivity (Wildman–Crippen MR) is 83.8 cm³/mol. The number of hydrogen-bond donors (Lipinski definition) is 2. The first-order chi connectivity index (χ1) is 10.7. The number of ketones is 2. The van der Waals surface area contributed by atoms with Crippen LogP contribution >= 0.6 is 0 Å². The van der Waals surface area contributed by atoms with Gasteiger partial charge in [-0.1, -0.05) is 13.8 Å². The Morgan fingerprint density at radius 2 is 1.70 bits per heavy atom. The molecule has 2 aromatic carbocycles. The van der Waals surface area contributed by atoms with E-state index in [4.69, 9.17) is 4.74 Å². The van der Waals surface area contributed by atoms with E-state index in [0.29, 0.717) is 27.6 Å². The second-order valence-electron chi connectivity index (χ2n) is 6.91. The minimum atomic E-state index is -0.785. The molecule has 23 heavy (non-hydrogen) atoms. The Labute approximate surface area is 132 Å². The number of fused-ring (bicyclic) bond motifs is 2. The van der Waals surface area contributed by atoms with Gasteiger partial charge >= 0.3 is 0 Å². The van der Waals surface area contributed by atoms with Crippen molar-refractivity contribution in [2.75, 3.05) is 0 Å². The lowest BCUT2D eigenvalue weighted by Crippen LogP contribution is -2.29. The summed E-state index contributed by atoms with van der Waals surface area (Å²) >= 11 is 0. The van der Waals surface area contributed by atoms with Crippen LogP contribution in [0.15, 0.2) is 6.07 Å². The molecule has 2 aliphatic rings. The van der Waals surface area contributed by atoms with Crippen molar-refractivity contribution in [2.24, 2.45) is 0 Å². The molecule has 0 saturated heterocycles. The molecular formula is C18H16O5. The SMILES string of the molecule is Cc1cc(O)c2c3c(c(O)c4c(c13)O[C@@H](C)C4(C)C)C(=O)C2=O. The average Bonchev–Trinajstić information content (AvgIpc) is 2.83. The lowest BCUT2D eigenvalue weighted by Gasteiger charge is -2.23. The van der Waals surface area contributed by atoms with Crippen molar-refractivity contribution in [1.29, 1.82) is 0 Å². The quantitative estimate of drug-likeness (QED) is 0.731. The van der Waals surface area contributed by atoms with Crippen molar-refractivity contribution in [3.8, 4) is 17.2 Å². The van der Waals surface area contributed by atoms with Crippen molar-refractivity contribution >= 4 is 22.3 Å². The standard InChI is InChI=1S/C18H16O5/c1-6-5-8(19)10-11-9(6)17-13(18(3,4)7(2)23-17)14(20)12(11)16(22)15(10)21/h5,7,19-20H,1-4H3/t7-/m0/s1. The zero-order valence-corrected chi connectivity index (χ0v) is 13.3. The molecular weight excluding hydrogens is 296 g/mol. The summed E-state index contributed by atoms with van der Waals surface area (Å²) in [5.74, 6) is -1.51. The third-order valence-electron chi connectivity index (χ3n) is 5.30. The van der Waals surface area contributed by atoms with Crippen LogP contribution in [0.3, 0.4) is 0 Å². The molecule has 0 spiro atoms. The lowest BCUT2D eigenvalue weighted by atomic mass is 9.79. The smallest absolute Gasteiger partial charge is 0.238 e. The fraction of sp³-hybridized carbons (Fsp3) is 0.333. The molecule has 1 heterocycles. The zero-order valence-electron chi connectivity index (χ0n) is 13.3. The summed E-state index contributed by atoms with van der Waals surface area (Å²) in [6.07, 6.45) is -0.191.